The lowest BCUT2D eigenvalue weighted by molar-refractivity contribution is 0.234. The molecule has 130 valence electrons. The number of hydrogen-bond acceptors (Lipinski definition) is 3. The predicted molar refractivity (Wildman–Crippen MR) is 99.2 cm³/mol. The zero-order valence-electron chi connectivity index (χ0n) is 16.1. The molecule has 1 unspecified atom stereocenters. The van der Waals surface area contributed by atoms with Gasteiger partial charge in [0.15, 0.2) is 0 Å². The number of nitriles is 1. The van der Waals surface area contributed by atoms with Crippen LogP contribution < -0.4 is 5.32 Å². The second kappa shape index (κ2) is 9.25. The quantitative estimate of drug-likeness (QED) is 0.762. The molecule has 0 aromatic rings. The van der Waals surface area contributed by atoms with Crippen molar-refractivity contribution in [3.05, 3.63) is 22.8 Å². The fraction of sp³-hybridized carbons (Fsp3) is 0.750. The van der Waals surface area contributed by atoms with E-state index in [0.717, 1.165) is 25.9 Å². The summed E-state index contributed by atoms with van der Waals surface area (Å²) in [5.74, 6) is 0.467. The lowest BCUT2D eigenvalue weighted by Crippen LogP contribution is -2.37. The normalized spacial score (nSPS) is 18.9. The van der Waals surface area contributed by atoms with Crippen molar-refractivity contribution in [2.45, 2.75) is 79.4 Å². The summed E-state index contributed by atoms with van der Waals surface area (Å²) >= 11 is 0. The van der Waals surface area contributed by atoms with E-state index < -0.39 is 0 Å². The number of hydrogen-bond donors (Lipinski definition) is 1. The van der Waals surface area contributed by atoms with Crippen molar-refractivity contribution in [3.63, 3.8) is 0 Å². The van der Waals surface area contributed by atoms with Crippen LogP contribution in [0.15, 0.2) is 22.8 Å². The van der Waals surface area contributed by atoms with Crippen molar-refractivity contribution in [2.75, 3.05) is 13.1 Å². The molecule has 1 heterocycles. The van der Waals surface area contributed by atoms with Crippen LogP contribution in [0.25, 0.3) is 0 Å². The van der Waals surface area contributed by atoms with E-state index in [4.69, 9.17) is 0 Å². The van der Waals surface area contributed by atoms with E-state index in [1.165, 1.54) is 16.7 Å². The molecule has 23 heavy (non-hydrogen) atoms. The van der Waals surface area contributed by atoms with Crippen LogP contribution in [0.5, 0.6) is 0 Å². The van der Waals surface area contributed by atoms with Gasteiger partial charge < -0.3 is 0 Å². The van der Waals surface area contributed by atoms with Gasteiger partial charge in [-0.2, -0.15) is 5.26 Å². The zero-order valence-corrected chi connectivity index (χ0v) is 16.1. The average molecular weight is 318 g/mol. The Morgan fingerprint density at radius 3 is 2.39 bits per heavy atom. The molecule has 1 aliphatic heterocycles. The topological polar surface area (TPSA) is 39.1 Å². The summed E-state index contributed by atoms with van der Waals surface area (Å²) < 4.78 is 0. The molecule has 0 bridgehead atoms. The molecule has 0 amide bonds. The van der Waals surface area contributed by atoms with Gasteiger partial charge in [-0.05, 0) is 59.0 Å². The molecule has 0 saturated heterocycles. The zero-order chi connectivity index (χ0) is 17.6. The molecule has 0 aromatic heterocycles. The summed E-state index contributed by atoms with van der Waals surface area (Å²) in [6, 6.07) is 3.23. The van der Waals surface area contributed by atoms with Crippen LogP contribution in [0, 0.1) is 17.2 Å². The van der Waals surface area contributed by atoms with Crippen LogP contribution in [0.1, 0.15) is 61.3 Å². The molecule has 0 radical (unpaired) electrons. The van der Waals surface area contributed by atoms with Gasteiger partial charge in [0.1, 0.15) is 0 Å². The molecular formula is C20H35N3. The molecule has 1 atom stereocenters. The molecule has 0 fully saturated rings. The first-order chi connectivity index (χ1) is 10.7. The Kier molecular flexibility index (Phi) is 8.02. The van der Waals surface area contributed by atoms with E-state index in [0.29, 0.717) is 18.0 Å². The third-order valence-electron chi connectivity index (χ3n) is 4.66. The summed E-state index contributed by atoms with van der Waals surface area (Å²) in [6.07, 6.45) is 4.34. The highest BCUT2D eigenvalue weighted by molar-refractivity contribution is 5.33. The van der Waals surface area contributed by atoms with E-state index in [1.807, 2.05) is 0 Å². The van der Waals surface area contributed by atoms with E-state index in [2.05, 4.69) is 70.8 Å². The van der Waals surface area contributed by atoms with Gasteiger partial charge in [-0.15, -0.1) is 0 Å². The maximum atomic E-state index is 9.42. The lowest BCUT2D eigenvalue weighted by atomic mass is 9.91. The largest absolute Gasteiger partial charge is 0.299 e. The Morgan fingerprint density at radius 2 is 1.91 bits per heavy atom. The minimum atomic E-state index is -0.102. The van der Waals surface area contributed by atoms with E-state index in [9.17, 15) is 5.26 Å². The smallest absolute Gasteiger partial charge is 0.0992 e. The Bertz CT molecular complexity index is 478. The highest BCUT2D eigenvalue weighted by Crippen LogP contribution is 2.25. The monoisotopic (exact) mass is 317 g/mol. The fourth-order valence-electron chi connectivity index (χ4n) is 2.98. The minimum Gasteiger partial charge on any atom is -0.299 e. The molecule has 3 nitrogen and oxygen atoms in total. The van der Waals surface area contributed by atoms with Crippen molar-refractivity contribution in [1.29, 1.82) is 5.26 Å². The van der Waals surface area contributed by atoms with E-state index >= 15 is 0 Å². The minimum absolute atomic E-state index is 0.102. The van der Waals surface area contributed by atoms with Gasteiger partial charge in [-0.3, -0.25) is 10.2 Å². The van der Waals surface area contributed by atoms with Crippen LogP contribution in [0.3, 0.4) is 0 Å². The average Bonchev–Trinajstić information content (AvgIpc) is 2.46. The van der Waals surface area contributed by atoms with Gasteiger partial charge in [-0.1, -0.05) is 31.1 Å². The molecular weight excluding hydrogens is 282 g/mol. The van der Waals surface area contributed by atoms with Gasteiger partial charge in [0, 0.05) is 25.2 Å². The predicted octanol–water partition coefficient (Wildman–Crippen LogP) is 4.28. The summed E-state index contributed by atoms with van der Waals surface area (Å²) in [4.78, 5) is 2.53. The molecule has 1 N–H and O–H groups in total. The highest BCUT2D eigenvalue weighted by Gasteiger charge is 2.19. The van der Waals surface area contributed by atoms with Gasteiger partial charge in [0.2, 0.25) is 0 Å². The van der Waals surface area contributed by atoms with E-state index in [-0.39, 0.29) is 6.04 Å². The van der Waals surface area contributed by atoms with Gasteiger partial charge >= 0.3 is 0 Å². The number of rotatable bonds is 7. The van der Waals surface area contributed by atoms with Crippen LogP contribution in [0.2, 0.25) is 0 Å². The fourth-order valence-corrected chi connectivity index (χ4v) is 2.98. The van der Waals surface area contributed by atoms with Gasteiger partial charge in [0.25, 0.3) is 0 Å². The molecule has 1 aliphatic rings. The maximum absolute atomic E-state index is 9.42. The summed E-state index contributed by atoms with van der Waals surface area (Å²) in [7, 11) is 0. The van der Waals surface area contributed by atoms with Crippen molar-refractivity contribution < 1.29 is 0 Å². The Hall–Kier alpha value is -1.11. The third-order valence-corrected chi connectivity index (χ3v) is 4.66. The van der Waals surface area contributed by atoms with Crippen molar-refractivity contribution in [1.82, 2.24) is 10.2 Å². The first-order valence-electron chi connectivity index (χ1n) is 9.03. The van der Waals surface area contributed by atoms with Crippen LogP contribution in [0.4, 0.5) is 0 Å². The second-order valence-electron chi connectivity index (χ2n) is 7.70. The molecule has 1 rings (SSSR count). The maximum Gasteiger partial charge on any atom is 0.0992 e. The van der Waals surface area contributed by atoms with E-state index in [1.54, 1.807) is 0 Å². The molecule has 0 aromatic carbocycles. The third kappa shape index (κ3) is 6.49. The van der Waals surface area contributed by atoms with Crippen molar-refractivity contribution in [3.8, 4) is 6.07 Å². The number of nitrogens with zero attached hydrogens (tertiary/aromatic N) is 2. The standard InChI is InChI=1S/C20H35N3/c1-14(2)18(11-20(12-21)22-15(3)4)10-19-13-23(16(5)6)9-8-17(19)7/h10,14-16,20,22H,8-9,11,13H2,1-7H3/b18-10-. The SMILES string of the molecule is CC1=C(/C=C(/CC(C#N)NC(C)C)C(C)C)CN(C(C)C)CC1. The van der Waals surface area contributed by atoms with Gasteiger partial charge in [0.05, 0.1) is 12.1 Å². The second-order valence-corrected chi connectivity index (χ2v) is 7.70. The van der Waals surface area contributed by atoms with Gasteiger partial charge in [-0.25, -0.2) is 0 Å². The molecule has 0 saturated carbocycles. The molecule has 0 aliphatic carbocycles. The summed E-state index contributed by atoms with van der Waals surface area (Å²) in [6.45, 7) is 17.6. The first-order valence-corrected chi connectivity index (χ1v) is 9.03. The summed E-state index contributed by atoms with van der Waals surface area (Å²) in [5.41, 5.74) is 4.34. The molecule has 3 heteroatoms. The van der Waals surface area contributed by atoms with Crippen LogP contribution in [-0.2, 0) is 0 Å². The Labute approximate surface area is 143 Å². The number of nitrogens with one attached hydrogen (secondary N) is 1. The van der Waals surface area contributed by atoms with Crippen molar-refractivity contribution >= 4 is 0 Å². The molecule has 0 spiro atoms. The Morgan fingerprint density at radius 1 is 1.26 bits per heavy atom. The first kappa shape index (κ1) is 19.9. The lowest BCUT2D eigenvalue weighted by Gasteiger charge is -2.32. The Balaban J connectivity index is 2.95. The van der Waals surface area contributed by atoms with Crippen LogP contribution in [-0.4, -0.2) is 36.1 Å². The highest BCUT2D eigenvalue weighted by atomic mass is 15.1. The van der Waals surface area contributed by atoms with Crippen molar-refractivity contribution in [2.24, 2.45) is 5.92 Å². The summed E-state index contributed by atoms with van der Waals surface area (Å²) in [5, 5.41) is 12.8. The van der Waals surface area contributed by atoms with Crippen LogP contribution >= 0.6 is 0 Å².